The van der Waals surface area contributed by atoms with Crippen LogP contribution in [0, 0.1) is 11.6 Å². The maximum atomic E-state index is 14.2. The summed E-state index contributed by atoms with van der Waals surface area (Å²) in [6, 6.07) is 5.83. The molecule has 1 fully saturated rings. The Kier molecular flexibility index (Phi) is 4.31. The summed E-state index contributed by atoms with van der Waals surface area (Å²) in [4.78, 5) is 6.04. The van der Waals surface area contributed by atoms with E-state index in [0.29, 0.717) is 31.9 Å². The summed E-state index contributed by atoms with van der Waals surface area (Å²) in [5, 5.41) is 10.1. The lowest BCUT2D eigenvalue weighted by molar-refractivity contribution is 0.0221. The molecule has 4 nitrogen and oxygen atoms in total. The molecular formula is C16H16F2N2O2. The van der Waals surface area contributed by atoms with Crippen LogP contribution >= 0.6 is 0 Å². The SMILES string of the molecule is Oc1ccc(F)cc1C(c1ncccc1F)N1CCOCC1. The van der Waals surface area contributed by atoms with Crippen LogP contribution in [-0.4, -0.2) is 41.3 Å². The first-order valence-electron chi connectivity index (χ1n) is 7.07. The molecular weight excluding hydrogens is 290 g/mol. The molecule has 1 N–H and O–H groups in total. The Hall–Kier alpha value is -2.05. The fourth-order valence-corrected chi connectivity index (χ4v) is 2.70. The Morgan fingerprint density at radius 3 is 2.68 bits per heavy atom. The van der Waals surface area contributed by atoms with E-state index in [0.717, 1.165) is 0 Å². The second-order valence-corrected chi connectivity index (χ2v) is 5.12. The van der Waals surface area contributed by atoms with Crippen molar-refractivity contribution in [1.29, 1.82) is 0 Å². The van der Waals surface area contributed by atoms with E-state index >= 15 is 0 Å². The molecule has 1 aliphatic rings. The largest absolute Gasteiger partial charge is 0.508 e. The zero-order chi connectivity index (χ0) is 15.5. The van der Waals surface area contributed by atoms with Crippen molar-refractivity contribution in [2.45, 2.75) is 6.04 Å². The third-order valence-electron chi connectivity index (χ3n) is 3.74. The number of ether oxygens (including phenoxy) is 1. The molecule has 0 radical (unpaired) electrons. The van der Waals surface area contributed by atoms with Crippen LogP contribution in [0.1, 0.15) is 17.3 Å². The van der Waals surface area contributed by atoms with Gasteiger partial charge in [0.25, 0.3) is 0 Å². The molecule has 6 heteroatoms. The van der Waals surface area contributed by atoms with Crippen LogP contribution in [0.15, 0.2) is 36.5 Å². The molecule has 0 spiro atoms. The normalized spacial score (nSPS) is 17.4. The van der Waals surface area contributed by atoms with Gasteiger partial charge in [-0.25, -0.2) is 8.78 Å². The number of morpholine rings is 1. The molecule has 1 aromatic carbocycles. The lowest BCUT2D eigenvalue weighted by Crippen LogP contribution is -2.40. The molecule has 1 aromatic heterocycles. The maximum Gasteiger partial charge on any atom is 0.146 e. The quantitative estimate of drug-likeness (QED) is 0.946. The molecule has 2 heterocycles. The lowest BCUT2D eigenvalue weighted by Gasteiger charge is -2.34. The number of aromatic nitrogens is 1. The second kappa shape index (κ2) is 6.37. The van der Waals surface area contributed by atoms with Gasteiger partial charge in [0.2, 0.25) is 0 Å². The summed E-state index contributed by atoms with van der Waals surface area (Å²) in [6.45, 7) is 2.11. The molecule has 116 valence electrons. The van der Waals surface area contributed by atoms with E-state index in [1.54, 1.807) is 0 Å². The number of rotatable bonds is 3. The second-order valence-electron chi connectivity index (χ2n) is 5.12. The third-order valence-corrected chi connectivity index (χ3v) is 3.74. The number of nitrogens with zero attached hydrogens (tertiary/aromatic N) is 2. The number of hydrogen-bond donors (Lipinski definition) is 1. The van der Waals surface area contributed by atoms with E-state index in [2.05, 4.69) is 4.98 Å². The van der Waals surface area contributed by atoms with Gasteiger partial charge in [0.05, 0.1) is 24.9 Å². The molecule has 1 unspecified atom stereocenters. The zero-order valence-corrected chi connectivity index (χ0v) is 11.9. The van der Waals surface area contributed by atoms with Crippen molar-refractivity contribution < 1.29 is 18.6 Å². The van der Waals surface area contributed by atoms with Gasteiger partial charge >= 0.3 is 0 Å². The van der Waals surface area contributed by atoms with Crippen LogP contribution in [0.5, 0.6) is 5.75 Å². The molecule has 0 aliphatic carbocycles. The predicted octanol–water partition coefficient (Wildman–Crippen LogP) is 2.49. The smallest absolute Gasteiger partial charge is 0.146 e. The molecule has 2 aromatic rings. The Bertz CT molecular complexity index is 660. The van der Waals surface area contributed by atoms with E-state index in [1.165, 1.54) is 36.5 Å². The Morgan fingerprint density at radius 2 is 1.95 bits per heavy atom. The average Bonchev–Trinajstić information content (AvgIpc) is 2.54. The first-order chi connectivity index (χ1) is 10.7. The molecule has 0 saturated carbocycles. The van der Waals surface area contributed by atoms with Gasteiger partial charge in [-0.15, -0.1) is 0 Å². The summed E-state index contributed by atoms with van der Waals surface area (Å²) >= 11 is 0. The standard InChI is InChI=1S/C16H16F2N2O2/c17-11-3-4-14(21)12(10-11)16(20-6-8-22-9-7-20)15-13(18)2-1-5-19-15/h1-5,10,16,21H,6-9H2. The van der Waals surface area contributed by atoms with E-state index in [-0.39, 0.29) is 11.4 Å². The summed E-state index contributed by atoms with van der Waals surface area (Å²) in [5.41, 5.74) is 0.477. The number of phenols is 1. The van der Waals surface area contributed by atoms with Crippen molar-refractivity contribution in [2.24, 2.45) is 0 Å². The number of halogens is 2. The van der Waals surface area contributed by atoms with Crippen LogP contribution in [0.4, 0.5) is 8.78 Å². The van der Waals surface area contributed by atoms with Crippen LogP contribution in [0.2, 0.25) is 0 Å². The van der Waals surface area contributed by atoms with Gasteiger partial charge < -0.3 is 9.84 Å². The van der Waals surface area contributed by atoms with E-state index in [4.69, 9.17) is 4.74 Å². The monoisotopic (exact) mass is 306 g/mol. The highest BCUT2D eigenvalue weighted by atomic mass is 19.1. The molecule has 0 bridgehead atoms. The van der Waals surface area contributed by atoms with Crippen molar-refractivity contribution in [3.05, 3.63) is 59.4 Å². The summed E-state index contributed by atoms with van der Waals surface area (Å²) in [6.07, 6.45) is 1.49. The lowest BCUT2D eigenvalue weighted by atomic mass is 9.99. The zero-order valence-electron chi connectivity index (χ0n) is 11.9. The topological polar surface area (TPSA) is 45.6 Å². The first kappa shape index (κ1) is 14.9. The van der Waals surface area contributed by atoms with Gasteiger partial charge in [-0.05, 0) is 30.3 Å². The fourth-order valence-electron chi connectivity index (χ4n) is 2.70. The molecule has 0 amide bonds. The molecule has 1 saturated heterocycles. The van der Waals surface area contributed by atoms with E-state index in [1.807, 2.05) is 4.90 Å². The Balaban J connectivity index is 2.10. The number of aromatic hydroxyl groups is 1. The molecule has 1 aliphatic heterocycles. The number of hydrogen-bond acceptors (Lipinski definition) is 4. The number of benzene rings is 1. The van der Waals surface area contributed by atoms with Crippen LogP contribution in [0.3, 0.4) is 0 Å². The van der Waals surface area contributed by atoms with E-state index < -0.39 is 17.7 Å². The van der Waals surface area contributed by atoms with Gasteiger partial charge in [0.15, 0.2) is 0 Å². The third kappa shape index (κ3) is 2.93. The van der Waals surface area contributed by atoms with Gasteiger partial charge in [0.1, 0.15) is 17.4 Å². The summed E-state index contributed by atoms with van der Waals surface area (Å²) in [7, 11) is 0. The van der Waals surface area contributed by atoms with Gasteiger partial charge in [0, 0.05) is 24.8 Å². The van der Waals surface area contributed by atoms with Crippen molar-refractivity contribution in [2.75, 3.05) is 26.3 Å². The van der Waals surface area contributed by atoms with Crippen molar-refractivity contribution in [3.63, 3.8) is 0 Å². The van der Waals surface area contributed by atoms with E-state index in [9.17, 15) is 13.9 Å². The van der Waals surface area contributed by atoms with Crippen molar-refractivity contribution in [3.8, 4) is 5.75 Å². The molecule has 1 atom stereocenters. The summed E-state index contributed by atoms with van der Waals surface area (Å²) in [5.74, 6) is -1.05. The maximum absolute atomic E-state index is 14.2. The molecule has 3 rings (SSSR count). The minimum atomic E-state index is -0.652. The minimum absolute atomic E-state index is 0.0806. The highest BCUT2D eigenvalue weighted by Crippen LogP contribution is 2.35. The van der Waals surface area contributed by atoms with Gasteiger partial charge in [-0.3, -0.25) is 9.88 Å². The van der Waals surface area contributed by atoms with Crippen LogP contribution in [-0.2, 0) is 4.74 Å². The first-order valence-corrected chi connectivity index (χ1v) is 7.07. The number of phenolic OH excluding ortho intramolecular Hbond substituents is 1. The highest BCUT2D eigenvalue weighted by molar-refractivity contribution is 5.40. The Morgan fingerprint density at radius 1 is 1.18 bits per heavy atom. The van der Waals surface area contributed by atoms with Crippen LogP contribution in [0.25, 0.3) is 0 Å². The fraction of sp³-hybridized carbons (Fsp3) is 0.312. The Labute approximate surface area is 127 Å². The van der Waals surface area contributed by atoms with Crippen molar-refractivity contribution in [1.82, 2.24) is 9.88 Å². The van der Waals surface area contributed by atoms with Gasteiger partial charge in [-0.1, -0.05) is 0 Å². The highest BCUT2D eigenvalue weighted by Gasteiger charge is 2.30. The summed E-state index contributed by atoms with van der Waals surface area (Å²) < 4.78 is 33.2. The molecule has 22 heavy (non-hydrogen) atoms. The van der Waals surface area contributed by atoms with Gasteiger partial charge in [-0.2, -0.15) is 0 Å². The van der Waals surface area contributed by atoms with Crippen LogP contribution < -0.4 is 0 Å². The predicted molar refractivity (Wildman–Crippen MR) is 76.5 cm³/mol. The van der Waals surface area contributed by atoms with Crippen molar-refractivity contribution >= 4 is 0 Å². The number of pyridine rings is 1. The average molecular weight is 306 g/mol. The minimum Gasteiger partial charge on any atom is -0.508 e.